The van der Waals surface area contributed by atoms with Crippen LogP contribution >= 0.6 is 0 Å². The summed E-state index contributed by atoms with van der Waals surface area (Å²) in [6, 6.07) is 0. The number of fused-ring (bicyclic) bond motifs is 5. The molecule has 0 aromatic carbocycles. The first-order valence-corrected chi connectivity index (χ1v) is 13.4. The predicted molar refractivity (Wildman–Crippen MR) is 122 cm³/mol. The molecule has 0 amide bonds. The number of hydrogen-bond donors (Lipinski definition) is 1. The quantitative estimate of drug-likeness (QED) is 0.382. The van der Waals surface area contributed by atoms with Gasteiger partial charge in [-0.15, -0.1) is 0 Å². The Labute approximate surface area is 180 Å². The van der Waals surface area contributed by atoms with Gasteiger partial charge in [-0.05, 0) is 98.2 Å². The number of rotatable bonds is 3. The Kier molecular flexibility index (Phi) is 5.68. The van der Waals surface area contributed by atoms with Crippen molar-refractivity contribution in [3.8, 4) is 0 Å². The van der Waals surface area contributed by atoms with Gasteiger partial charge in [0.1, 0.15) is 0 Å². The van der Waals surface area contributed by atoms with Gasteiger partial charge in [0.2, 0.25) is 0 Å². The van der Waals surface area contributed by atoms with Crippen LogP contribution in [-0.4, -0.2) is 11.2 Å². The molecule has 0 aromatic rings. The van der Waals surface area contributed by atoms with Crippen molar-refractivity contribution in [2.45, 2.75) is 123 Å². The van der Waals surface area contributed by atoms with Crippen LogP contribution in [-0.2, 0) is 0 Å². The molecule has 1 heteroatoms. The lowest BCUT2D eigenvalue weighted by Gasteiger charge is -2.58. The lowest BCUT2D eigenvalue weighted by Crippen LogP contribution is -2.50. The van der Waals surface area contributed by atoms with E-state index in [1.165, 1.54) is 89.9 Å². The van der Waals surface area contributed by atoms with Gasteiger partial charge in [0.25, 0.3) is 0 Å². The van der Waals surface area contributed by atoms with E-state index in [9.17, 15) is 5.11 Å². The summed E-state index contributed by atoms with van der Waals surface area (Å²) in [4.78, 5) is 0. The van der Waals surface area contributed by atoms with E-state index in [2.05, 4.69) is 19.9 Å². The van der Waals surface area contributed by atoms with Gasteiger partial charge < -0.3 is 5.11 Å². The van der Waals surface area contributed by atoms with Crippen LogP contribution in [0.3, 0.4) is 0 Å². The largest absolute Gasteiger partial charge is 0.393 e. The van der Waals surface area contributed by atoms with Gasteiger partial charge in [-0.1, -0.05) is 70.4 Å². The van der Waals surface area contributed by atoms with Crippen molar-refractivity contribution < 1.29 is 5.11 Å². The minimum Gasteiger partial charge on any atom is -0.393 e. The second-order valence-electron chi connectivity index (χ2n) is 12.4. The fourth-order valence-electron chi connectivity index (χ4n) is 9.31. The molecule has 5 rings (SSSR count). The Morgan fingerprint density at radius 2 is 1.66 bits per heavy atom. The third-order valence-electron chi connectivity index (χ3n) is 11.2. The van der Waals surface area contributed by atoms with E-state index in [0.717, 1.165) is 42.4 Å². The molecule has 4 fully saturated rings. The molecule has 7 atom stereocenters. The normalized spacial score (nSPS) is 48.2. The Hall–Kier alpha value is -0.300. The first kappa shape index (κ1) is 20.6. The molecule has 5 aliphatic carbocycles. The van der Waals surface area contributed by atoms with Crippen LogP contribution in [0.4, 0.5) is 0 Å². The molecule has 0 spiro atoms. The summed E-state index contributed by atoms with van der Waals surface area (Å²) >= 11 is 0. The predicted octanol–water partition coefficient (Wildman–Crippen LogP) is 7.68. The molecule has 0 heterocycles. The Morgan fingerprint density at radius 3 is 2.45 bits per heavy atom. The van der Waals surface area contributed by atoms with Crippen molar-refractivity contribution in [3.05, 3.63) is 11.6 Å². The van der Waals surface area contributed by atoms with Crippen LogP contribution in [0.2, 0.25) is 0 Å². The minimum atomic E-state index is -0.0698. The highest BCUT2D eigenvalue weighted by atomic mass is 16.3. The van der Waals surface area contributed by atoms with Crippen molar-refractivity contribution in [2.24, 2.45) is 40.4 Å². The molecule has 5 aliphatic rings. The molecule has 29 heavy (non-hydrogen) atoms. The summed E-state index contributed by atoms with van der Waals surface area (Å²) in [7, 11) is 0. The summed E-state index contributed by atoms with van der Waals surface area (Å²) in [5, 5.41) is 10.2. The van der Waals surface area contributed by atoms with Crippen LogP contribution in [0.1, 0.15) is 117 Å². The molecule has 0 aromatic heterocycles. The standard InChI is InChI=1S/C28H46O/c1-27-18-16-26-24(13-11-22-19-23(29)15-17-28(22,26)2)25(27)14-12-21(27)10-9-20-7-5-3-4-6-8-20/h11,20-21,23-26,29H,3-10,12-19H2,1-2H3/t21-,23-,24-,25-,26-,27+,28-/m0/s1. The molecular formula is C28H46O. The number of aliphatic hydroxyl groups is 1. The summed E-state index contributed by atoms with van der Waals surface area (Å²) in [5.41, 5.74) is 2.66. The Balaban J connectivity index is 1.28. The number of allylic oxidation sites excluding steroid dienone is 1. The Morgan fingerprint density at radius 1 is 0.862 bits per heavy atom. The maximum absolute atomic E-state index is 10.2. The van der Waals surface area contributed by atoms with E-state index < -0.39 is 0 Å². The van der Waals surface area contributed by atoms with Crippen LogP contribution < -0.4 is 0 Å². The average molecular weight is 399 g/mol. The van der Waals surface area contributed by atoms with Crippen molar-refractivity contribution in [1.29, 1.82) is 0 Å². The SMILES string of the molecule is C[C@]12CC[C@H]3[C@@H](CC=C4C[C@@H](O)CC[C@@]43C)[C@@H]1CC[C@@H]2CCC1CCCCCC1. The first-order chi connectivity index (χ1) is 14.0. The van der Waals surface area contributed by atoms with Gasteiger partial charge in [-0.25, -0.2) is 0 Å². The molecule has 0 unspecified atom stereocenters. The molecule has 0 bridgehead atoms. The zero-order chi connectivity index (χ0) is 20.1. The van der Waals surface area contributed by atoms with Gasteiger partial charge in [-0.2, -0.15) is 0 Å². The molecule has 0 radical (unpaired) electrons. The highest BCUT2D eigenvalue weighted by Gasteiger charge is 2.58. The smallest absolute Gasteiger partial charge is 0.0577 e. The van der Waals surface area contributed by atoms with Crippen molar-refractivity contribution >= 4 is 0 Å². The molecule has 4 saturated carbocycles. The molecule has 1 N–H and O–H groups in total. The van der Waals surface area contributed by atoms with Crippen molar-refractivity contribution in [1.82, 2.24) is 0 Å². The van der Waals surface area contributed by atoms with Crippen LogP contribution in [0.15, 0.2) is 11.6 Å². The van der Waals surface area contributed by atoms with Crippen LogP contribution in [0, 0.1) is 40.4 Å². The van der Waals surface area contributed by atoms with E-state index in [1.54, 1.807) is 5.57 Å². The lowest BCUT2D eigenvalue weighted by atomic mass is 9.47. The van der Waals surface area contributed by atoms with Gasteiger partial charge in [0, 0.05) is 0 Å². The monoisotopic (exact) mass is 398 g/mol. The van der Waals surface area contributed by atoms with E-state index in [-0.39, 0.29) is 6.10 Å². The summed E-state index contributed by atoms with van der Waals surface area (Å²) < 4.78 is 0. The highest BCUT2D eigenvalue weighted by Crippen LogP contribution is 2.66. The van der Waals surface area contributed by atoms with Gasteiger partial charge in [-0.3, -0.25) is 0 Å². The van der Waals surface area contributed by atoms with E-state index >= 15 is 0 Å². The maximum atomic E-state index is 10.2. The highest BCUT2D eigenvalue weighted by molar-refractivity contribution is 5.25. The third-order valence-corrected chi connectivity index (χ3v) is 11.2. The van der Waals surface area contributed by atoms with Crippen molar-refractivity contribution in [3.63, 3.8) is 0 Å². The number of hydrogen-bond acceptors (Lipinski definition) is 1. The first-order valence-electron chi connectivity index (χ1n) is 13.4. The lowest BCUT2D eigenvalue weighted by molar-refractivity contribution is -0.0512. The van der Waals surface area contributed by atoms with Gasteiger partial charge >= 0.3 is 0 Å². The minimum absolute atomic E-state index is 0.0698. The molecule has 0 saturated heterocycles. The summed E-state index contributed by atoms with van der Waals surface area (Å²) in [5.74, 6) is 4.85. The van der Waals surface area contributed by atoms with Crippen LogP contribution in [0.25, 0.3) is 0 Å². The van der Waals surface area contributed by atoms with E-state index in [1.807, 2.05) is 0 Å². The fourth-order valence-corrected chi connectivity index (χ4v) is 9.31. The third kappa shape index (κ3) is 3.56. The summed E-state index contributed by atoms with van der Waals surface area (Å²) in [6.07, 6.45) is 25.1. The second kappa shape index (κ2) is 7.99. The maximum Gasteiger partial charge on any atom is 0.0577 e. The molecular weight excluding hydrogens is 352 g/mol. The molecule has 1 nitrogen and oxygen atoms in total. The van der Waals surface area contributed by atoms with Gasteiger partial charge in [0.15, 0.2) is 0 Å². The van der Waals surface area contributed by atoms with Crippen LogP contribution in [0.5, 0.6) is 0 Å². The van der Waals surface area contributed by atoms with E-state index in [4.69, 9.17) is 0 Å². The van der Waals surface area contributed by atoms with E-state index in [0.29, 0.717) is 10.8 Å². The zero-order valence-corrected chi connectivity index (χ0v) is 19.3. The summed E-state index contributed by atoms with van der Waals surface area (Å²) in [6.45, 7) is 5.29. The fraction of sp³-hybridized carbons (Fsp3) is 0.929. The Bertz CT molecular complexity index is 614. The van der Waals surface area contributed by atoms with Crippen molar-refractivity contribution in [2.75, 3.05) is 0 Å². The number of aliphatic hydroxyl groups excluding tert-OH is 1. The topological polar surface area (TPSA) is 20.2 Å². The molecule has 164 valence electrons. The average Bonchev–Trinajstić information content (AvgIpc) is 2.87. The molecule has 0 aliphatic heterocycles. The zero-order valence-electron chi connectivity index (χ0n) is 19.3. The van der Waals surface area contributed by atoms with Gasteiger partial charge in [0.05, 0.1) is 6.10 Å². The second-order valence-corrected chi connectivity index (χ2v) is 12.4.